The molecule has 2 aromatic rings. The first kappa shape index (κ1) is 14.1. The van der Waals surface area contributed by atoms with Crippen molar-refractivity contribution in [2.24, 2.45) is 0 Å². The van der Waals surface area contributed by atoms with Crippen molar-refractivity contribution in [3.8, 4) is 5.75 Å². The van der Waals surface area contributed by atoms with Crippen molar-refractivity contribution >= 4 is 23.2 Å². The zero-order chi connectivity index (χ0) is 15.7. The van der Waals surface area contributed by atoms with E-state index in [4.69, 9.17) is 4.74 Å². The number of carbonyl (C=O) groups is 2. The zero-order valence-corrected chi connectivity index (χ0v) is 11.7. The van der Waals surface area contributed by atoms with E-state index in [0.29, 0.717) is 17.1 Å². The molecule has 0 radical (unpaired) electrons. The van der Waals surface area contributed by atoms with E-state index in [-0.39, 0.29) is 0 Å². The van der Waals surface area contributed by atoms with Crippen LogP contribution in [0.3, 0.4) is 0 Å². The van der Waals surface area contributed by atoms with Crippen LogP contribution < -0.4 is 15.4 Å². The Morgan fingerprint density at radius 2 is 1.95 bits per heavy atom. The van der Waals surface area contributed by atoms with E-state index in [9.17, 15) is 14.0 Å². The Morgan fingerprint density at radius 3 is 2.68 bits per heavy atom. The number of aryl methyl sites for hydroxylation is 1. The van der Waals surface area contributed by atoms with Gasteiger partial charge in [-0.25, -0.2) is 4.39 Å². The van der Waals surface area contributed by atoms with Crippen LogP contribution in [0.25, 0.3) is 0 Å². The fraction of sp³-hybridized carbons (Fsp3) is 0.125. The van der Waals surface area contributed by atoms with Gasteiger partial charge in [-0.15, -0.1) is 0 Å². The first-order valence-corrected chi connectivity index (χ1v) is 6.67. The summed E-state index contributed by atoms with van der Waals surface area (Å²) in [5.41, 5.74) is 1.89. The largest absolute Gasteiger partial charge is 0.468 e. The average molecular weight is 300 g/mol. The molecule has 0 spiro atoms. The molecule has 1 aliphatic rings. The van der Waals surface area contributed by atoms with Crippen LogP contribution in [-0.4, -0.2) is 17.9 Å². The SMILES string of the molecule is Cc1ccc2c(c1)NC(=O)C(C(=O)Nc1ccc(F)cc1)O2. The molecule has 3 rings (SSSR count). The predicted molar refractivity (Wildman–Crippen MR) is 79.3 cm³/mol. The lowest BCUT2D eigenvalue weighted by molar-refractivity contribution is -0.133. The summed E-state index contributed by atoms with van der Waals surface area (Å²) in [4.78, 5) is 24.1. The van der Waals surface area contributed by atoms with Crippen LogP contribution in [0.4, 0.5) is 15.8 Å². The van der Waals surface area contributed by atoms with Gasteiger partial charge in [0.2, 0.25) is 0 Å². The Balaban J connectivity index is 1.77. The smallest absolute Gasteiger partial charge is 0.275 e. The van der Waals surface area contributed by atoms with Crippen molar-refractivity contribution in [1.29, 1.82) is 0 Å². The molecule has 1 heterocycles. The molecule has 5 nitrogen and oxygen atoms in total. The lowest BCUT2D eigenvalue weighted by Gasteiger charge is -2.25. The first-order valence-electron chi connectivity index (χ1n) is 6.67. The minimum Gasteiger partial charge on any atom is -0.468 e. The Kier molecular flexibility index (Phi) is 3.50. The highest BCUT2D eigenvalue weighted by Gasteiger charge is 2.34. The van der Waals surface area contributed by atoms with Gasteiger partial charge in [0.25, 0.3) is 17.9 Å². The highest BCUT2D eigenvalue weighted by Crippen LogP contribution is 2.30. The third kappa shape index (κ3) is 2.76. The normalized spacial score (nSPS) is 16.3. The third-order valence-electron chi connectivity index (χ3n) is 3.23. The van der Waals surface area contributed by atoms with Crippen molar-refractivity contribution in [3.05, 3.63) is 53.8 Å². The molecule has 2 amide bonds. The highest BCUT2D eigenvalue weighted by molar-refractivity contribution is 6.15. The van der Waals surface area contributed by atoms with Crippen LogP contribution in [0.15, 0.2) is 42.5 Å². The number of benzene rings is 2. The van der Waals surface area contributed by atoms with Gasteiger partial charge in [-0.3, -0.25) is 9.59 Å². The van der Waals surface area contributed by atoms with Crippen LogP contribution in [-0.2, 0) is 9.59 Å². The summed E-state index contributed by atoms with van der Waals surface area (Å²) in [6.07, 6.45) is -1.29. The summed E-state index contributed by atoms with van der Waals surface area (Å²) in [6, 6.07) is 10.5. The summed E-state index contributed by atoms with van der Waals surface area (Å²) >= 11 is 0. The third-order valence-corrected chi connectivity index (χ3v) is 3.23. The van der Waals surface area contributed by atoms with Crippen molar-refractivity contribution in [2.75, 3.05) is 10.6 Å². The zero-order valence-electron chi connectivity index (χ0n) is 11.7. The molecule has 1 aliphatic heterocycles. The summed E-state index contributed by atoms with van der Waals surface area (Å²) in [5.74, 6) is -1.13. The quantitative estimate of drug-likeness (QED) is 0.837. The molecule has 0 fully saturated rings. The molecule has 0 bridgehead atoms. The maximum Gasteiger partial charge on any atom is 0.275 e. The van der Waals surface area contributed by atoms with Crippen molar-refractivity contribution in [2.45, 2.75) is 13.0 Å². The molecule has 22 heavy (non-hydrogen) atoms. The standard InChI is InChI=1S/C16H13FN2O3/c1-9-2-7-13-12(8-9)19-16(21)14(22-13)15(20)18-11-5-3-10(17)4-6-11/h2-8,14H,1H3,(H,18,20)(H,19,21). The maximum absolute atomic E-state index is 12.8. The Hall–Kier alpha value is -2.89. The van der Waals surface area contributed by atoms with Crippen LogP contribution in [0.5, 0.6) is 5.75 Å². The minimum absolute atomic E-state index is 0.387. The van der Waals surface area contributed by atoms with E-state index >= 15 is 0 Å². The van der Waals surface area contributed by atoms with Gasteiger partial charge in [-0.05, 0) is 48.9 Å². The molecule has 112 valence electrons. The summed E-state index contributed by atoms with van der Waals surface area (Å²) in [5, 5.41) is 5.16. The van der Waals surface area contributed by atoms with Crippen LogP contribution >= 0.6 is 0 Å². The molecule has 0 saturated heterocycles. The van der Waals surface area contributed by atoms with Crippen molar-refractivity contribution in [3.63, 3.8) is 0 Å². The molecule has 0 saturated carbocycles. The van der Waals surface area contributed by atoms with E-state index in [0.717, 1.165) is 5.56 Å². The molecule has 2 N–H and O–H groups in total. The van der Waals surface area contributed by atoms with Crippen molar-refractivity contribution < 1.29 is 18.7 Å². The lowest BCUT2D eigenvalue weighted by Crippen LogP contribution is -2.45. The fourth-order valence-electron chi connectivity index (χ4n) is 2.14. The summed E-state index contributed by atoms with van der Waals surface area (Å²) in [6.45, 7) is 1.89. The molecule has 6 heteroatoms. The Labute approximate surface area is 126 Å². The molecule has 1 atom stereocenters. The van der Waals surface area contributed by atoms with Gasteiger partial charge < -0.3 is 15.4 Å². The number of rotatable bonds is 2. The molecule has 0 aromatic heterocycles. The summed E-state index contributed by atoms with van der Waals surface area (Å²) < 4.78 is 18.3. The maximum atomic E-state index is 12.8. The minimum atomic E-state index is -1.29. The van der Waals surface area contributed by atoms with Gasteiger partial charge >= 0.3 is 0 Å². The van der Waals surface area contributed by atoms with E-state index in [1.54, 1.807) is 12.1 Å². The molecule has 2 aromatic carbocycles. The Bertz CT molecular complexity index is 744. The van der Waals surface area contributed by atoms with Gasteiger partial charge in [-0.1, -0.05) is 6.07 Å². The van der Waals surface area contributed by atoms with E-state index in [2.05, 4.69) is 10.6 Å². The molecule has 0 aliphatic carbocycles. The van der Waals surface area contributed by atoms with Crippen LogP contribution in [0.2, 0.25) is 0 Å². The number of hydrogen-bond acceptors (Lipinski definition) is 3. The number of halogens is 1. The molecular formula is C16H13FN2O3. The summed E-state index contributed by atoms with van der Waals surface area (Å²) in [7, 11) is 0. The lowest BCUT2D eigenvalue weighted by atomic mass is 10.1. The Morgan fingerprint density at radius 1 is 1.23 bits per heavy atom. The fourth-order valence-corrected chi connectivity index (χ4v) is 2.14. The number of nitrogens with one attached hydrogen (secondary N) is 2. The highest BCUT2D eigenvalue weighted by atomic mass is 19.1. The van der Waals surface area contributed by atoms with Gasteiger partial charge in [0.15, 0.2) is 0 Å². The number of hydrogen-bond donors (Lipinski definition) is 2. The topological polar surface area (TPSA) is 67.4 Å². The number of fused-ring (bicyclic) bond motifs is 1. The molecular weight excluding hydrogens is 287 g/mol. The van der Waals surface area contributed by atoms with Crippen LogP contribution in [0, 0.1) is 12.7 Å². The van der Waals surface area contributed by atoms with Crippen LogP contribution in [0.1, 0.15) is 5.56 Å². The van der Waals surface area contributed by atoms with E-state index < -0.39 is 23.7 Å². The second-order valence-electron chi connectivity index (χ2n) is 4.98. The monoisotopic (exact) mass is 300 g/mol. The number of ether oxygens (including phenoxy) is 1. The van der Waals surface area contributed by atoms with Gasteiger partial charge in [0.05, 0.1) is 5.69 Å². The predicted octanol–water partition coefficient (Wildman–Crippen LogP) is 2.47. The molecule has 1 unspecified atom stereocenters. The van der Waals surface area contributed by atoms with Gasteiger partial charge in [-0.2, -0.15) is 0 Å². The average Bonchev–Trinajstić information content (AvgIpc) is 2.48. The number of amides is 2. The first-order chi connectivity index (χ1) is 10.5. The van der Waals surface area contributed by atoms with Gasteiger partial charge in [0.1, 0.15) is 11.6 Å². The second-order valence-corrected chi connectivity index (χ2v) is 4.98. The van der Waals surface area contributed by atoms with E-state index in [1.165, 1.54) is 24.3 Å². The van der Waals surface area contributed by atoms with E-state index in [1.807, 2.05) is 13.0 Å². The second kappa shape index (κ2) is 5.48. The van der Waals surface area contributed by atoms with Gasteiger partial charge in [0, 0.05) is 5.69 Å². The number of carbonyl (C=O) groups excluding carboxylic acids is 2. The number of anilines is 2. The van der Waals surface area contributed by atoms with Crippen molar-refractivity contribution in [1.82, 2.24) is 0 Å².